The molecule has 2 heterocycles. The molecule has 0 spiro atoms. The van der Waals surface area contributed by atoms with Crippen LogP contribution in [0.3, 0.4) is 0 Å². The molecule has 1 fully saturated rings. The van der Waals surface area contributed by atoms with E-state index in [4.69, 9.17) is 4.74 Å². The third kappa shape index (κ3) is 5.59. The molecule has 2 amide bonds. The highest BCUT2D eigenvalue weighted by atomic mass is 79.9. The van der Waals surface area contributed by atoms with Crippen LogP contribution >= 0.6 is 15.9 Å². The Balaban J connectivity index is 1.55. The molecule has 0 unspecified atom stereocenters. The Morgan fingerprint density at radius 2 is 1.97 bits per heavy atom. The zero-order valence-corrected chi connectivity index (χ0v) is 19.4. The summed E-state index contributed by atoms with van der Waals surface area (Å²) in [5.74, 6) is 0.215. The summed E-state index contributed by atoms with van der Waals surface area (Å²) in [7, 11) is 0. The number of carbonyl (C=O) groups excluding carboxylic acids is 2. The molecule has 1 saturated heterocycles. The van der Waals surface area contributed by atoms with Gasteiger partial charge < -0.3 is 15.0 Å². The van der Waals surface area contributed by atoms with Crippen LogP contribution in [0.15, 0.2) is 28.7 Å². The van der Waals surface area contributed by atoms with Gasteiger partial charge in [0, 0.05) is 24.1 Å². The number of amides is 2. The zero-order chi connectivity index (χ0) is 21.9. The first-order chi connectivity index (χ1) is 14.1. The summed E-state index contributed by atoms with van der Waals surface area (Å²) in [5.41, 5.74) is 1.43. The van der Waals surface area contributed by atoms with E-state index >= 15 is 0 Å². The Hall–Kier alpha value is -2.42. The molecule has 0 aliphatic carbocycles. The van der Waals surface area contributed by atoms with Crippen LogP contribution < -0.4 is 5.32 Å². The fraction of sp³-hybridized carbons (Fsp3) is 0.524. The second-order valence-corrected chi connectivity index (χ2v) is 9.45. The number of halogens is 1. The Kier molecular flexibility index (Phi) is 6.80. The van der Waals surface area contributed by atoms with Crippen molar-refractivity contribution in [2.24, 2.45) is 5.92 Å². The molecule has 162 valence electrons. The van der Waals surface area contributed by atoms with Gasteiger partial charge in [0.2, 0.25) is 0 Å². The lowest BCUT2D eigenvalue weighted by Crippen LogP contribution is -2.42. The summed E-state index contributed by atoms with van der Waals surface area (Å²) in [4.78, 5) is 26.6. The molecular weight excluding hydrogens is 450 g/mol. The highest BCUT2D eigenvalue weighted by Crippen LogP contribution is 2.21. The number of piperidine rings is 1. The fourth-order valence-corrected chi connectivity index (χ4v) is 3.80. The molecular formula is C21H28BrN5O3. The number of hydrogen-bond donors (Lipinski definition) is 1. The van der Waals surface area contributed by atoms with Gasteiger partial charge in [0.25, 0.3) is 5.91 Å². The molecule has 1 aliphatic heterocycles. The van der Waals surface area contributed by atoms with E-state index in [1.54, 1.807) is 4.68 Å². The summed E-state index contributed by atoms with van der Waals surface area (Å²) >= 11 is 3.45. The zero-order valence-electron chi connectivity index (χ0n) is 17.8. The van der Waals surface area contributed by atoms with E-state index in [2.05, 4.69) is 31.6 Å². The predicted octanol–water partition coefficient (Wildman–Crippen LogP) is 3.72. The van der Waals surface area contributed by atoms with E-state index < -0.39 is 11.7 Å². The van der Waals surface area contributed by atoms with Crippen LogP contribution in [-0.2, 0) is 4.74 Å². The van der Waals surface area contributed by atoms with Crippen molar-refractivity contribution in [1.82, 2.24) is 25.2 Å². The van der Waals surface area contributed by atoms with Gasteiger partial charge in [-0.2, -0.15) is 0 Å². The van der Waals surface area contributed by atoms with Crippen molar-refractivity contribution in [2.45, 2.75) is 46.1 Å². The quantitative estimate of drug-likeness (QED) is 0.724. The maximum absolute atomic E-state index is 13.0. The molecule has 0 radical (unpaired) electrons. The Bertz CT molecular complexity index is 914. The Morgan fingerprint density at radius 3 is 2.60 bits per heavy atom. The summed E-state index contributed by atoms with van der Waals surface area (Å²) in [6, 6.07) is 7.70. The number of benzene rings is 1. The smallest absolute Gasteiger partial charge is 0.407 e. The molecule has 9 heteroatoms. The maximum atomic E-state index is 13.0. The minimum atomic E-state index is -0.509. The molecule has 2 aromatic rings. The first-order valence-electron chi connectivity index (χ1n) is 10.1. The molecule has 1 aromatic heterocycles. The molecule has 0 bridgehead atoms. The molecule has 8 nitrogen and oxygen atoms in total. The number of nitrogens with one attached hydrogen (secondary N) is 1. The van der Waals surface area contributed by atoms with Gasteiger partial charge in [-0.15, -0.1) is 5.10 Å². The van der Waals surface area contributed by atoms with Gasteiger partial charge in [0.15, 0.2) is 5.69 Å². The number of aromatic nitrogens is 3. The monoisotopic (exact) mass is 477 g/mol. The normalized spacial score (nSPS) is 15.2. The second-order valence-electron chi connectivity index (χ2n) is 8.53. The third-order valence-electron chi connectivity index (χ3n) is 4.99. The van der Waals surface area contributed by atoms with Crippen molar-refractivity contribution in [2.75, 3.05) is 19.6 Å². The van der Waals surface area contributed by atoms with Crippen LogP contribution in [0.4, 0.5) is 4.79 Å². The number of ether oxygens (including phenoxy) is 1. The van der Waals surface area contributed by atoms with Crippen molar-refractivity contribution in [3.63, 3.8) is 0 Å². The number of hydrogen-bond acceptors (Lipinski definition) is 5. The lowest BCUT2D eigenvalue weighted by molar-refractivity contribution is 0.0499. The Labute approximate surface area is 185 Å². The average Bonchev–Trinajstić information content (AvgIpc) is 3.06. The van der Waals surface area contributed by atoms with Crippen molar-refractivity contribution >= 4 is 27.9 Å². The number of nitrogens with zero attached hydrogens (tertiary/aromatic N) is 4. The summed E-state index contributed by atoms with van der Waals surface area (Å²) < 4.78 is 7.88. The molecule has 1 N–H and O–H groups in total. The van der Waals surface area contributed by atoms with E-state index in [-0.39, 0.29) is 5.91 Å². The minimum Gasteiger partial charge on any atom is -0.444 e. The van der Waals surface area contributed by atoms with E-state index in [1.165, 1.54) is 0 Å². The van der Waals surface area contributed by atoms with Gasteiger partial charge in [-0.3, -0.25) is 4.79 Å². The summed E-state index contributed by atoms with van der Waals surface area (Å²) in [5, 5.41) is 11.1. The summed E-state index contributed by atoms with van der Waals surface area (Å²) in [6.07, 6.45) is 1.24. The van der Waals surface area contributed by atoms with E-state index in [0.717, 1.165) is 23.0 Å². The van der Waals surface area contributed by atoms with E-state index in [9.17, 15) is 9.59 Å². The first-order valence-corrected chi connectivity index (χ1v) is 10.9. The fourth-order valence-electron chi connectivity index (χ4n) is 3.41. The van der Waals surface area contributed by atoms with Gasteiger partial charge in [-0.1, -0.05) is 27.2 Å². The van der Waals surface area contributed by atoms with E-state index in [0.29, 0.717) is 36.9 Å². The molecule has 1 aromatic carbocycles. The minimum absolute atomic E-state index is 0.104. The van der Waals surface area contributed by atoms with Crippen LogP contribution in [0, 0.1) is 12.8 Å². The molecule has 0 saturated carbocycles. The van der Waals surface area contributed by atoms with Gasteiger partial charge in [-0.05, 0) is 64.7 Å². The van der Waals surface area contributed by atoms with Crippen LogP contribution in [0.1, 0.15) is 49.8 Å². The van der Waals surface area contributed by atoms with Crippen molar-refractivity contribution < 1.29 is 14.3 Å². The SMILES string of the molecule is Cc1c(C(=O)N2CCC(CNC(=O)OC(C)(C)C)CC2)nnn1-c1cccc(Br)c1. The number of likely N-dealkylation sites (tertiary alicyclic amines) is 1. The Morgan fingerprint density at radius 1 is 1.27 bits per heavy atom. The number of carbonyl (C=O) groups is 2. The average molecular weight is 478 g/mol. The van der Waals surface area contributed by atoms with Gasteiger partial charge in [0.1, 0.15) is 5.60 Å². The largest absolute Gasteiger partial charge is 0.444 e. The van der Waals surface area contributed by atoms with Crippen LogP contribution in [0.5, 0.6) is 0 Å². The molecule has 3 rings (SSSR count). The van der Waals surface area contributed by atoms with Gasteiger partial charge in [-0.25, -0.2) is 9.48 Å². The van der Waals surface area contributed by atoms with Crippen LogP contribution in [0.25, 0.3) is 5.69 Å². The topological polar surface area (TPSA) is 89.3 Å². The third-order valence-corrected chi connectivity index (χ3v) is 5.48. The van der Waals surface area contributed by atoms with Crippen molar-refractivity contribution in [1.29, 1.82) is 0 Å². The standard InChI is InChI=1S/C21H28BrN5O3/c1-14-18(24-25-27(14)17-7-5-6-16(22)12-17)19(28)26-10-8-15(9-11-26)13-23-20(29)30-21(2,3)4/h5-7,12,15H,8-11,13H2,1-4H3,(H,23,29). The van der Waals surface area contributed by atoms with Crippen molar-refractivity contribution in [3.8, 4) is 5.69 Å². The second kappa shape index (κ2) is 9.16. The molecule has 30 heavy (non-hydrogen) atoms. The number of rotatable bonds is 4. The summed E-state index contributed by atoms with van der Waals surface area (Å²) in [6.45, 7) is 9.18. The maximum Gasteiger partial charge on any atom is 0.407 e. The van der Waals surface area contributed by atoms with Crippen LogP contribution in [0.2, 0.25) is 0 Å². The lowest BCUT2D eigenvalue weighted by atomic mass is 9.96. The van der Waals surface area contributed by atoms with Crippen LogP contribution in [-0.4, -0.2) is 57.1 Å². The van der Waals surface area contributed by atoms with Gasteiger partial charge in [0.05, 0.1) is 11.4 Å². The predicted molar refractivity (Wildman–Crippen MR) is 117 cm³/mol. The van der Waals surface area contributed by atoms with Gasteiger partial charge >= 0.3 is 6.09 Å². The van der Waals surface area contributed by atoms with Crippen molar-refractivity contribution in [3.05, 3.63) is 40.1 Å². The molecule has 0 atom stereocenters. The molecule has 1 aliphatic rings. The lowest BCUT2D eigenvalue weighted by Gasteiger charge is -2.32. The first kappa shape index (κ1) is 22.3. The highest BCUT2D eigenvalue weighted by molar-refractivity contribution is 9.10. The van der Waals surface area contributed by atoms with E-state index in [1.807, 2.05) is 56.9 Å². The number of alkyl carbamates (subject to hydrolysis) is 1. The highest BCUT2D eigenvalue weighted by Gasteiger charge is 2.28.